The minimum atomic E-state index is -0.113. The van der Waals surface area contributed by atoms with Crippen LogP contribution in [0.1, 0.15) is 24.4 Å². The summed E-state index contributed by atoms with van der Waals surface area (Å²) in [6.45, 7) is 3.25. The summed E-state index contributed by atoms with van der Waals surface area (Å²) in [6, 6.07) is 9.62. The van der Waals surface area contributed by atoms with Gasteiger partial charge in [-0.15, -0.1) is 0 Å². The fourth-order valence-corrected chi connectivity index (χ4v) is 4.39. The molecule has 0 aromatic heterocycles. The van der Waals surface area contributed by atoms with Crippen LogP contribution in [-0.2, 0) is 4.79 Å². The summed E-state index contributed by atoms with van der Waals surface area (Å²) < 4.78 is 22.4. The average molecular weight is 431 g/mol. The van der Waals surface area contributed by atoms with Gasteiger partial charge >= 0.3 is 0 Å². The molecule has 3 aliphatic rings. The van der Waals surface area contributed by atoms with Gasteiger partial charge in [-0.2, -0.15) is 0 Å². The van der Waals surface area contributed by atoms with Gasteiger partial charge in [-0.3, -0.25) is 9.69 Å². The Kier molecular flexibility index (Phi) is 5.31. The molecule has 1 N–H and O–H groups in total. The molecule has 1 unspecified atom stereocenters. The van der Waals surface area contributed by atoms with Crippen LogP contribution in [0.25, 0.3) is 0 Å². The van der Waals surface area contributed by atoms with Crippen LogP contribution in [0.2, 0.25) is 5.02 Å². The first kappa shape index (κ1) is 19.3. The molecule has 0 bridgehead atoms. The number of fused-ring (bicyclic) bond motifs is 2. The van der Waals surface area contributed by atoms with Gasteiger partial charge in [0.2, 0.25) is 5.91 Å². The maximum absolute atomic E-state index is 12.8. The summed E-state index contributed by atoms with van der Waals surface area (Å²) in [5.74, 6) is 2.63. The van der Waals surface area contributed by atoms with Gasteiger partial charge in [0, 0.05) is 18.2 Å². The SMILES string of the molecule is O=C(CN1CCCC1c1ccc2c(c1)OCCO2)Nc1cc2c(cc1Cl)OCCO2. The van der Waals surface area contributed by atoms with Gasteiger partial charge in [0.05, 0.1) is 17.3 Å². The van der Waals surface area contributed by atoms with Crippen LogP contribution >= 0.6 is 11.6 Å². The Morgan fingerprint density at radius 3 is 2.40 bits per heavy atom. The number of benzene rings is 2. The van der Waals surface area contributed by atoms with Gasteiger partial charge < -0.3 is 24.3 Å². The van der Waals surface area contributed by atoms with Crippen LogP contribution in [0, 0.1) is 0 Å². The van der Waals surface area contributed by atoms with E-state index >= 15 is 0 Å². The molecule has 1 atom stereocenters. The molecule has 0 spiro atoms. The van der Waals surface area contributed by atoms with Crippen molar-refractivity contribution in [3.63, 3.8) is 0 Å². The molecule has 7 nitrogen and oxygen atoms in total. The summed E-state index contributed by atoms with van der Waals surface area (Å²) in [7, 11) is 0. The van der Waals surface area contributed by atoms with Crippen LogP contribution < -0.4 is 24.3 Å². The average Bonchev–Trinajstić information content (AvgIpc) is 3.22. The van der Waals surface area contributed by atoms with Crippen molar-refractivity contribution in [2.45, 2.75) is 18.9 Å². The van der Waals surface area contributed by atoms with Gasteiger partial charge in [0.25, 0.3) is 0 Å². The van der Waals surface area contributed by atoms with E-state index < -0.39 is 0 Å². The Morgan fingerprint density at radius 2 is 1.63 bits per heavy atom. The molecule has 158 valence electrons. The molecule has 3 aliphatic heterocycles. The number of ether oxygens (including phenoxy) is 4. The zero-order valence-corrected chi connectivity index (χ0v) is 17.2. The van der Waals surface area contributed by atoms with E-state index in [4.69, 9.17) is 30.5 Å². The molecule has 3 heterocycles. The van der Waals surface area contributed by atoms with Gasteiger partial charge in [-0.1, -0.05) is 17.7 Å². The predicted molar refractivity (Wildman–Crippen MR) is 112 cm³/mol. The molecule has 5 rings (SSSR count). The first-order valence-electron chi connectivity index (χ1n) is 10.2. The first-order chi connectivity index (χ1) is 14.7. The molecule has 30 heavy (non-hydrogen) atoms. The summed E-state index contributed by atoms with van der Waals surface area (Å²) in [4.78, 5) is 15.0. The topological polar surface area (TPSA) is 69.3 Å². The van der Waals surface area contributed by atoms with E-state index in [1.807, 2.05) is 12.1 Å². The minimum Gasteiger partial charge on any atom is -0.486 e. The van der Waals surface area contributed by atoms with Crippen LogP contribution in [0.15, 0.2) is 30.3 Å². The number of anilines is 1. The Morgan fingerprint density at radius 1 is 0.967 bits per heavy atom. The lowest BCUT2D eigenvalue weighted by molar-refractivity contribution is -0.117. The van der Waals surface area contributed by atoms with Crippen molar-refractivity contribution >= 4 is 23.2 Å². The third kappa shape index (κ3) is 3.87. The molecular weight excluding hydrogens is 408 g/mol. The monoisotopic (exact) mass is 430 g/mol. The van der Waals surface area contributed by atoms with Crippen molar-refractivity contribution in [2.75, 3.05) is 44.8 Å². The van der Waals surface area contributed by atoms with E-state index in [1.165, 1.54) is 0 Å². The normalized spacial score (nSPS) is 20.1. The van der Waals surface area contributed by atoms with E-state index in [0.29, 0.717) is 48.6 Å². The molecule has 2 aromatic rings. The molecule has 2 aromatic carbocycles. The van der Waals surface area contributed by atoms with Crippen molar-refractivity contribution in [1.82, 2.24) is 4.90 Å². The van der Waals surface area contributed by atoms with E-state index in [2.05, 4.69) is 16.3 Å². The molecule has 1 saturated heterocycles. The largest absolute Gasteiger partial charge is 0.486 e. The fraction of sp³-hybridized carbons (Fsp3) is 0.409. The second kappa shape index (κ2) is 8.24. The first-order valence-corrected chi connectivity index (χ1v) is 10.6. The number of carbonyl (C=O) groups excluding carboxylic acids is 1. The zero-order valence-electron chi connectivity index (χ0n) is 16.5. The predicted octanol–water partition coefficient (Wildman–Crippen LogP) is 3.66. The number of nitrogens with zero attached hydrogens (tertiary/aromatic N) is 1. The maximum Gasteiger partial charge on any atom is 0.238 e. The van der Waals surface area contributed by atoms with Gasteiger partial charge in [-0.05, 0) is 37.1 Å². The number of likely N-dealkylation sites (tertiary alicyclic amines) is 1. The van der Waals surface area contributed by atoms with Crippen molar-refractivity contribution in [1.29, 1.82) is 0 Å². The second-order valence-electron chi connectivity index (χ2n) is 7.56. The molecule has 0 aliphatic carbocycles. The highest BCUT2D eigenvalue weighted by Crippen LogP contribution is 2.39. The number of hydrogen-bond donors (Lipinski definition) is 1. The summed E-state index contributed by atoms with van der Waals surface area (Å²) in [5.41, 5.74) is 1.67. The molecule has 1 fully saturated rings. The molecule has 0 radical (unpaired) electrons. The summed E-state index contributed by atoms with van der Waals surface area (Å²) >= 11 is 6.32. The number of halogens is 1. The number of carbonyl (C=O) groups is 1. The highest BCUT2D eigenvalue weighted by Gasteiger charge is 2.29. The smallest absolute Gasteiger partial charge is 0.238 e. The third-order valence-electron chi connectivity index (χ3n) is 5.57. The number of hydrogen-bond acceptors (Lipinski definition) is 6. The second-order valence-corrected chi connectivity index (χ2v) is 7.96. The van der Waals surface area contributed by atoms with Gasteiger partial charge in [0.15, 0.2) is 23.0 Å². The lowest BCUT2D eigenvalue weighted by atomic mass is 10.0. The Bertz CT molecular complexity index is 967. The number of rotatable bonds is 4. The highest BCUT2D eigenvalue weighted by molar-refractivity contribution is 6.34. The zero-order chi connectivity index (χ0) is 20.5. The molecule has 1 amide bonds. The molecular formula is C22H23ClN2O5. The minimum absolute atomic E-state index is 0.113. The van der Waals surface area contributed by atoms with Crippen molar-refractivity contribution in [2.24, 2.45) is 0 Å². The lowest BCUT2D eigenvalue weighted by Gasteiger charge is -2.26. The summed E-state index contributed by atoms with van der Waals surface area (Å²) in [5, 5.41) is 3.34. The van der Waals surface area contributed by atoms with E-state index in [9.17, 15) is 4.79 Å². The van der Waals surface area contributed by atoms with E-state index in [1.54, 1.807) is 12.1 Å². The third-order valence-corrected chi connectivity index (χ3v) is 5.88. The quantitative estimate of drug-likeness (QED) is 0.798. The van der Waals surface area contributed by atoms with E-state index in [-0.39, 0.29) is 18.5 Å². The van der Waals surface area contributed by atoms with Gasteiger partial charge in [0.1, 0.15) is 26.4 Å². The Labute approximate surface area is 179 Å². The van der Waals surface area contributed by atoms with Crippen LogP contribution in [0.5, 0.6) is 23.0 Å². The lowest BCUT2D eigenvalue weighted by Crippen LogP contribution is -2.33. The van der Waals surface area contributed by atoms with Crippen molar-refractivity contribution in [3.05, 3.63) is 40.9 Å². The Hall–Kier alpha value is -2.64. The standard InChI is InChI=1S/C22H23ClN2O5/c23-15-11-20-21(30-9-8-29-20)12-16(15)24-22(26)13-25-5-1-2-17(25)14-3-4-18-19(10-14)28-7-6-27-18/h3-4,10-12,17H,1-2,5-9,13H2,(H,24,26). The highest BCUT2D eigenvalue weighted by atomic mass is 35.5. The number of nitrogens with one attached hydrogen (secondary N) is 1. The van der Waals surface area contributed by atoms with Crippen LogP contribution in [-0.4, -0.2) is 50.3 Å². The van der Waals surface area contributed by atoms with Crippen molar-refractivity contribution in [3.8, 4) is 23.0 Å². The van der Waals surface area contributed by atoms with Crippen molar-refractivity contribution < 1.29 is 23.7 Å². The molecule has 0 saturated carbocycles. The van der Waals surface area contributed by atoms with Gasteiger partial charge in [-0.25, -0.2) is 0 Å². The summed E-state index contributed by atoms with van der Waals surface area (Å²) in [6.07, 6.45) is 2.04. The fourth-order valence-electron chi connectivity index (χ4n) is 4.19. The van der Waals surface area contributed by atoms with Crippen LogP contribution in [0.3, 0.4) is 0 Å². The number of amides is 1. The van der Waals surface area contributed by atoms with Crippen LogP contribution in [0.4, 0.5) is 5.69 Å². The Balaban J connectivity index is 1.28. The van der Waals surface area contributed by atoms with E-state index in [0.717, 1.165) is 36.4 Å². The maximum atomic E-state index is 12.8. The molecule has 8 heteroatoms.